The standard InChI is InChI=1S/C14H17N.C2H6/c1-3-7-13-10-11-14(15(13)2)12-8-5-4-6-9-12;1-2/h4-6,8-11H,3,7H2,1-2H3;1-2H3. The molecule has 92 valence electrons. The van der Waals surface area contributed by atoms with Crippen molar-refractivity contribution in [3.05, 3.63) is 48.2 Å². The Balaban J connectivity index is 0.000000686. The number of aromatic nitrogens is 1. The molecule has 0 unspecified atom stereocenters. The highest BCUT2D eigenvalue weighted by molar-refractivity contribution is 5.60. The van der Waals surface area contributed by atoms with Gasteiger partial charge in [0, 0.05) is 18.4 Å². The van der Waals surface area contributed by atoms with E-state index in [9.17, 15) is 0 Å². The molecule has 0 atom stereocenters. The Morgan fingerprint density at radius 2 is 1.59 bits per heavy atom. The summed E-state index contributed by atoms with van der Waals surface area (Å²) in [6, 6.07) is 15.0. The van der Waals surface area contributed by atoms with Crippen molar-refractivity contribution < 1.29 is 0 Å². The van der Waals surface area contributed by atoms with Gasteiger partial charge in [-0.25, -0.2) is 0 Å². The van der Waals surface area contributed by atoms with Crippen molar-refractivity contribution >= 4 is 0 Å². The van der Waals surface area contributed by atoms with E-state index in [2.05, 4.69) is 61.0 Å². The zero-order chi connectivity index (χ0) is 12.7. The monoisotopic (exact) mass is 229 g/mol. The molecule has 0 saturated carbocycles. The van der Waals surface area contributed by atoms with Crippen LogP contribution in [0.5, 0.6) is 0 Å². The van der Waals surface area contributed by atoms with E-state index in [1.165, 1.54) is 23.4 Å². The smallest absolute Gasteiger partial charge is 0.0479 e. The fourth-order valence-corrected chi connectivity index (χ4v) is 1.96. The van der Waals surface area contributed by atoms with Gasteiger partial charge in [0.05, 0.1) is 0 Å². The third kappa shape index (κ3) is 3.23. The molecule has 2 aromatic rings. The molecule has 0 saturated heterocycles. The van der Waals surface area contributed by atoms with Gasteiger partial charge in [-0.1, -0.05) is 57.5 Å². The van der Waals surface area contributed by atoms with Gasteiger partial charge in [0.25, 0.3) is 0 Å². The normalized spacial score (nSPS) is 9.65. The number of nitrogens with zero attached hydrogens (tertiary/aromatic N) is 1. The van der Waals surface area contributed by atoms with Gasteiger partial charge in [0.1, 0.15) is 0 Å². The lowest BCUT2D eigenvalue weighted by molar-refractivity contribution is 0.792. The minimum absolute atomic E-state index is 1.16. The summed E-state index contributed by atoms with van der Waals surface area (Å²) in [5.74, 6) is 0. The molecule has 0 radical (unpaired) electrons. The lowest BCUT2D eigenvalue weighted by Crippen LogP contribution is -1.97. The summed E-state index contributed by atoms with van der Waals surface area (Å²) >= 11 is 0. The fourth-order valence-electron chi connectivity index (χ4n) is 1.96. The molecule has 0 aliphatic rings. The van der Waals surface area contributed by atoms with Crippen LogP contribution in [0.15, 0.2) is 42.5 Å². The molecule has 0 amide bonds. The van der Waals surface area contributed by atoms with Crippen LogP contribution < -0.4 is 0 Å². The van der Waals surface area contributed by atoms with Crippen LogP contribution in [0.2, 0.25) is 0 Å². The zero-order valence-electron chi connectivity index (χ0n) is 11.4. The quantitative estimate of drug-likeness (QED) is 0.720. The summed E-state index contributed by atoms with van der Waals surface area (Å²) in [7, 11) is 2.15. The Bertz CT molecular complexity index is 426. The highest BCUT2D eigenvalue weighted by atomic mass is 15.0. The number of hydrogen-bond acceptors (Lipinski definition) is 0. The van der Waals surface area contributed by atoms with E-state index in [0.29, 0.717) is 0 Å². The molecule has 0 spiro atoms. The summed E-state index contributed by atoms with van der Waals surface area (Å²) in [6.07, 6.45) is 2.36. The van der Waals surface area contributed by atoms with E-state index in [1.54, 1.807) is 0 Å². The maximum Gasteiger partial charge on any atom is 0.0479 e. The van der Waals surface area contributed by atoms with Gasteiger partial charge in [0.2, 0.25) is 0 Å². The number of hydrogen-bond donors (Lipinski definition) is 0. The van der Waals surface area contributed by atoms with Crippen LogP contribution in [0.4, 0.5) is 0 Å². The van der Waals surface area contributed by atoms with Gasteiger partial charge < -0.3 is 4.57 Å². The van der Waals surface area contributed by atoms with Crippen molar-refractivity contribution in [3.8, 4) is 11.3 Å². The van der Waals surface area contributed by atoms with E-state index >= 15 is 0 Å². The highest BCUT2D eigenvalue weighted by Gasteiger charge is 2.04. The second-order valence-corrected chi connectivity index (χ2v) is 3.88. The van der Waals surface area contributed by atoms with Crippen molar-refractivity contribution in [1.82, 2.24) is 4.57 Å². The topological polar surface area (TPSA) is 4.93 Å². The molecule has 0 aliphatic carbocycles. The zero-order valence-corrected chi connectivity index (χ0v) is 11.4. The van der Waals surface area contributed by atoms with Crippen LogP contribution in [0.25, 0.3) is 11.3 Å². The van der Waals surface area contributed by atoms with Crippen molar-refractivity contribution in [1.29, 1.82) is 0 Å². The maximum atomic E-state index is 2.29. The van der Waals surface area contributed by atoms with E-state index in [-0.39, 0.29) is 0 Å². The predicted octanol–water partition coefficient (Wildman–Crippen LogP) is 4.67. The third-order valence-corrected chi connectivity index (χ3v) is 2.80. The van der Waals surface area contributed by atoms with Gasteiger partial charge in [-0.3, -0.25) is 0 Å². The summed E-state index contributed by atoms with van der Waals surface area (Å²) in [5.41, 5.74) is 4.01. The van der Waals surface area contributed by atoms with Crippen molar-refractivity contribution in [3.63, 3.8) is 0 Å². The first-order valence-electron chi connectivity index (χ1n) is 6.53. The molecule has 0 N–H and O–H groups in total. The molecular formula is C16H23N. The Hall–Kier alpha value is -1.50. The Kier molecular flexibility index (Phi) is 5.55. The number of aryl methyl sites for hydroxylation is 1. The van der Waals surface area contributed by atoms with Gasteiger partial charge >= 0.3 is 0 Å². The third-order valence-electron chi connectivity index (χ3n) is 2.80. The largest absolute Gasteiger partial charge is 0.348 e. The van der Waals surface area contributed by atoms with Gasteiger partial charge in [-0.2, -0.15) is 0 Å². The van der Waals surface area contributed by atoms with E-state index in [1.807, 2.05) is 13.8 Å². The van der Waals surface area contributed by atoms with Gasteiger partial charge in [0.15, 0.2) is 0 Å². The SMILES string of the molecule is CC.CCCc1ccc(-c2ccccc2)n1C. The van der Waals surface area contributed by atoms with Crippen molar-refractivity contribution in [2.75, 3.05) is 0 Å². The molecule has 1 aromatic carbocycles. The maximum absolute atomic E-state index is 2.29. The van der Waals surface area contributed by atoms with Crippen LogP contribution >= 0.6 is 0 Å². The summed E-state index contributed by atoms with van der Waals surface area (Å²) < 4.78 is 2.29. The molecule has 2 rings (SSSR count). The van der Waals surface area contributed by atoms with Crippen LogP contribution in [0, 0.1) is 0 Å². The first-order valence-corrected chi connectivity index (χ1v) is 6.53. The van der Waals surface area contributed by atoms with E-state index in [4.69, 9.17) is 0 Å². The second-order valence-electron chi connectivity index (χ2n) is 3.88. The van der Waals surface area contributed by atoms with Crippen molar-refractivity contribution in [2.45, 2.75) is 33.6 Å². The molecular weight excluding hydrogens is 206 g/mol. The predicted molar refractivity (Wildman–Crippen MR) is 76.2 cm³/mol. The van der Waals surface area contributed by atoms with Crippen LogP contribution in [-0.4, -0.2) is 4.57 Å². The van der Waals surface area contributed by atoms with Gasteiger partial charge in [-0.15, -0.1) is 0 Å². The molecule has 0 aliphatic heterocycles. The van der Waals surface area contributed by atoms with Gasteiger partial charge in [-0.05, 0) is 24.1 Å². The minimum Gasteiger partial charge on any atom is -0.348 e. The van der Waals surface area contributed by atoms with E-state index in [0.717, 1.165) is 6.42 Å². The molecule has 1 aromatic heterocycles. The number of rotatable bonds is 3. The lowest BCUT2D eigenvalue weighted by Gasteiger charge is -2.06. The first kappa shape index (κ1) is 13.6. The first-order chi connectivity index (χ1) is 8.33. The van der Waals surface area contributed by atoms with E-state index < -0.39 is 0 Å². The molecule has 0 fully saturated rings. The molecule has 0 bridgehead atoms. The molecule has 1 nitrogen and oxygen atoms in total. The second kappa shape index (κ2) is 6.95. The Labute approximate surface area is 105 Å². The summed E-state index contributed by atoms with van der Waals surface area (Å²) in [4.78, 5) is 0. The molecule has 17 heavy (non-hydrogen) atoms. The summed E-state index contributed by atoms with van der Waals surface area (Å²) in [5, 5.41) is 0. The Morgan fingerprint density at radius 3 is 2.18 bits per heavy atom. The molecule has 1 heteroatoms. The Morgan fingerprint density at radius 1 is 0.941 bits per heavy atom. The van der Waals surface area contributed by atoms with Crippen molar-refractivity contribution in [2.24, 2.45) is 7.05 Å². The molecule has 1 heterocycles. The average molecular weight is 229 g/mol. The fraction of sp³-hybridized carbons (Fsp3) is 0.375. The highest BCUT2D eigenvalue weighted by Crippen LogP contribution is 2.21. The number of benzene rings is 1. The summed E-state index contributed by atoms with van der Waals surface area (Å²) in [6.45, 7) is 6.22. The minimum atomic E-state index is 1.16. The van der Waals surface area contributed by atoms with Crippen LogP contribution in [-0.2, 0) is 13.5 Å². The lowest BCUT2D eigenvalue weighted by atomic mass is 10.2. The average Bonchev–Trinajstić information content (AvgIpc) is 2.75. The van der Waals surface area contributed by atoms with Crippen LogP contribution in [0.1, 0.15) is 32.9 Å². The van der Waals surface area contributed by atoms with Crippen LogP contribution in [0.3, 0.4) is 0 Å².